The molecule has 0 spiro atoms. The first-order chi connectivity index (χ1) is 10.7. The number of amides is 1. The van der Waals surface area contributed by atoms with Crippen LogP contribution >= 0.6 is 24.8 Å². The molecular weight excluding hydrogens is 345 g/mol. The predicted octanol–water partition coefficient (Wildman–Crippen LogP) is 3.01. The maximum absolute atomic E-state index is 12.4. The number of piperazine rings is 1. The minimum atomic E-state index is -0.193. The smallest absolute Gasteiger partial charge is 0.224 e. The average Bonchev–Trinajstić information content (AvgIpc) is 3.10. The Morgan fingerprint density at radius 1 is 1.04 bits per heavy atom. The van der Waals surface area contributed by atoms with Gasteiger partial charge < -0.3 is 10.6 Å². The monoisotopic (exact) mass is 373 g/mol. The summed E-state index contributed by atoms with van der Waals surface area (Å²) in [6.45, 7) is 3.77. The van der Waals surface area contributed by atoms with Gasteiger partial charge in [-0.15, -0.1) is 24.8 Å². The van der Waals surface area contributed by atoms with Gasteiger partial charge in [-0.1, -0.05) is 43.2 Å². The van der Waals surface area contributed by atoms with Crippen LogP contribution in [0.15, 0.2) is 30.3 Å². The molecule has 4 nitrogen and oxygen atoms in total. The standard InChI is InChI=1S/C18H27N3O.2ClH/c19-17(15-6-2-1-3-7-15)14-18(22)21-12-10-20(11-13-21)16-8-4-5-9-16;;/h1-3,6-7,16-17H,4-5,8-14,19H2;2*1H. The summed E-state index contributed by atoms with van der Waals surface area (Å²) in [6, 6.07) is 10.5. The summed E-state index contributed by atoms with van der Waals surface area (Å²) < 4.78 is 0. The molecule has 2 fully saturated rings. The van der Waals surface area contributed by atoms with E-state index in [1.54, 1.807) is 0 Å². The topological polar surface area (TPSA) is 49.6 Å². The molecule has 1 heterocycles. The molecule has 0 radical (unpaired) electrons. The molecule has 1 unspecified atom stereocenters. The molecule has 1 aliphatic heterocycles. The average molecular weight is 374 g/mol. The van der Waals surface area contributed by atoms with Gasteiger partial charge in [-0.2, -0.15) is 0 Å². The number of carbonyl (C=O) groups is 1. The lowest BCUT2D eigenvalue weighted by Crippen LogP contribution is -2.51. The Kier molecular flexibility index (Phi) is 9.06. The molecule has 6 heteroatoms. The summed E-state index contributed by atoms with van der Waals surface area (Å²) in [4.78, 5) is 17.0. The molecule has 1 aromatic rings. The van der Waals surface area contributed by atoms with Gasteiger partial charge >= 0.3 is 0 Å². The van der Waals surface area contributed by atoms with E-state index < -0.39 is 0 Å². The second-order valence-corrected chi connectivity index (χ2v) is 6.58. The number of carbonyl (C=O) groups excluding carboxylic acids is 1. The molecule has 0 aromatic heterocycles. The third-order valence-electron chi connectivity index (χ3n) is 5.13. The van der Waals surface area contributed by atoms with Crippen LogP contribution in [0.25, 0.3) is 0 Å². The largest absolute Gasteiger partial charge is 0.340 e. The summed E-state index contributed by atoms with van der Waals surface area (Å²) in [6.07, 6.45) is 5.83. The van der Waals surface area contributed by atoms with Crippen molar-refractivity contribution in [2.75, 3.05) is 26.2 Å². The van der Waals surface area contributed by atoms with Crippen LogP contribution in [-0.2, 0) is 4.79 Å². The Labute approximate surface area is 157 Å². The van der Waals surface area contributed by atoms with E-state index in [-0.39, 0.29) is 36.8 Å². The van der Waals surface area contributed by atoms with Gasteiger partial charge in [0.1, 0.15) is 0 Å². The van der Waals surface area contributed by atoms with Crippen LogP contribution in [0.3, 0.4) is 0 Å². The molecule has 1 saturated carbocycles. The minimum absolute atomic E-state index is 0. The number of benzene rings is 1. The van der Waals surface area contributed by atoms with E-state index in [1.165, 1.54) is 25.7 Å². The van der Waals surface area contributed by atoms with Gasteiger partial charge in [-0.25, -0.2) is 0 Å². The molecular formula is C18H29Cl2N3O. The molecule has 3 rings (SSSR count). The van der Waals surface area contributed by atoms with Crippen molar-refractivity contribution in [3.63, 3.8) is 0 Å². The van der Waals surface area contributed by atoms with Crippen LogP contribution in [-0.4, -0.2) is 47.9 Å². The highest BCUT2D eigenvalue weighted by Gasteiger charge is 2.28. The normalized spacial score (nSPS) is 20.1. The van der Waals surface area contributed by atoms with Gasteiger partial charge in [-0.05, 0) is 18.4 Å². The van der Waals surface area contributed by atoms with E-state index >= 15 is 0 Å². The molecule has 0 bridgehead atoms. The van der Waals surface area contributed by atoms with Gasteiger partial charge in [0, 0.05) is 44.7 Å². The zero-order valence-electron chi connectivity index (χ0n) is 14.1. The number of hydrogen-bond acceptors (Lipinski definition) is 3. The fourth-order valence-corrected chi connectivity index (χ4v) is 3.74. The first-order valence-electron chi connectivity index (χ1n) is 8.56. The van der Waals surface area contributed by atoms with Crippen molar-refractivity contribution in [2.45, 2.75) is 44.2 Å². The summed E-state index contributed by atoms with van der Waals surface area (Å²) >= 11 is 0. The molecule has 136 valence electrons. The summed E-state index contributed by atoms with van der Waals surface area (Å²) in [5.41, 5.74) is 7.21. The Balaban J connectivity index is 0.00000144. The Hall–Kier alpha value is -0.810. The molecule has 2 N–H and O–H groups in total. The Morgan fingerprint density at radius 3 is 2.21 bits per heavy atom. The minimum Gasteiger partial charge on any atom is -0.340 e. The molecule has 1 aromatic carbocycles. The lowest BCUT2D eigenvalue weighted by atomic mass is 10.0. The van der Waals surface area contributed by atoms with E-state index in [9.17, 15) is 4.79 Å². The highest BCUT2D eigenvalue weighted by molar-refractivity contribution is 5.85. The van der Waals surface area contributed by atoms with Crippen molar-refractivity contribution >= 4 is 30.7 Å². The fourth-order valence-electron chi connectivity index (χ4n) is 3.74. The van der Waals surface area contributed by atoms with Crippen LogP contribution < -0.4 is 5.73 Å². The van der Waals surface area contributed by atoms with E-state index in [1.807, 2.05) is 35.2 Å². The van der Waals surface area contributed by atoms with E-state index in [4.69, 9.17) is 5.73 Å². The van der Waals surface area contributed by atoms with Gasteiger partial charge in [-0.3, -0.25) is 9.69 Å². The summed E-state index contributed by atoms with van der Waals surface area (Å²) in [5, 5.41) is 0. The van der Waals surface area contributed by atoms with Crippen LogP contribution in [0.2, 0.25) is 0 Å². The summed E-state index contributed by atoms with van der Waals surface area (Å²) in [5.74, 6) is 0.197. The highest BCUT2D eigenvalue weighted by atomic mass is 35.5. The number of nitrogens with zero attached hydrogens (tertiary/aromatic N) is 2. The molecule has 2 aliphatic rings. The molecule has 24 heavy (non-hydrogen) atoms. The van der Waals surface area contributed by atoms with E-state index in [2.05, 4.69) is 4.90 Å². The molecule has 1 aliphatic carbocycles. The van der Waals surface area contributed by atoms with Crippen molar-refractivity contribution in [3.05, 3.63) is 35.9 Å². The van der Waals surface area contributed by atoms with Gasteiger partial charge in [0.05, 0.1) is 0 Å². The third kappa shape index (κ3) is 5.35. The lowest BCUT2D eigenvalue weighted by molar-refractivity contribution is -0.133. The van der Waals surface area contributed by atoms with Crippen molar-refractivity contribution < 1.29 is 4.79 Å². The second kappa shape index (κ2) is 10.2. The molecule has 1 amide bonds. The maximum atomic E-state index is 12.4. The number of nitrogens with two attached hydrogens (primary N) is 1. The van der Waals surface area contributed by atoms with Crippen LogP contribution in [0.1, 0.15) is 43.7 Å². The third-order valence-corrected chi connectivity index (χ3v) is 5.13. The van der Waals surface area contributed by atoms with Crippen molar-refractivity contribution in [2.24, 2.45) is 5.73 Å². The maximum Gasteiger partial charge on any atom is 0.224 e. The predicted molar refractivity (Wildman–Crippen MR) is 103 cm³/mol. The number of hydrogen-bond donors (Lipinski definition) is 1. The van der Waals surface area contributed by atoms with Crippen LogP contribution in [0, 0.1) is 0 Å². The van der Waals surface area contributed by atoms with E-state index in [0.717, 1.165) is 37.8 Å². The quantitative estimate of drug-likeness (QED) is 0.882. The number of rotatable bonds is 4. The zero-order valence-corrected chi connectivity index (χ0v) is 15.7. The highest BCUT2D eigenvalue weighted by Crippen LogP contribution is 2.24. The van der Waals surface area contributed by atoms with Gasteiger partial charge in [0.25, 0.3) is 0 Å². The van der Waals surface area contributed by atoms with Crippen LogP contribution in [0.4, 0.5) is 0 Å². The summed E-state index contributed by atoms with van der Waals surface area (Å²) in [7, 11) is 0. The number of halogens is 2. The molecule has 1 atom stereocenters. The van der Waals surface area contributed by atoms with Crippen molar-refractivity contribution in [1.82, 2.24) is 9.80 Å². The van der Waals surface area contributed by atoms with Crippen molar-refractivity contribution in [3.8, 4) is 0 Å². The SMILES string of the molecule is Cl.Cl.NC(CC(=O)N1CCN(C2CCCC2)CC1)c1ccccc1. The first-order valence-corrected chi connectivity index (χ1v) is 8.56. The second-order valence-electron chi connectivity index (χ2n) is 6.58. The fraction of sp³-hybridized carbons (Fsp3) is 0.611. The first kappa shape index (κ1) is 21.2. The lowest BCUT2D eigenvalue weighted by Gasteiger charge is -2.38. The van der Waals surface area contributed by atoms with E-state index in [0.29, 0.717) is 6.42 Å². The van der Waals surface area contributed by atoms with Gasteiger partial charge in [0.2, 0.25) is 5.91 Å². The Morgan fingerprint density at radius 2 is 1.62 bits per heavy atom. The zero-order chi connectivity index (χ0) is 15.4. The van der Waals surface area contributed by atoms with Gasteiger partial charge in [0.15, 0.2) is 0 Å². The molecule has 1 saturated heterocycles. The van der Waals surface area contributed by atoms with Crippen LogP contribution in [0.5, 0.6) is 0 Å². The van der Waals surface area contributed by atoms with Crippen molar-refractivity contribution in [1.29, 1.82) is 0 Å². The Bertz CT molecular complexity index is 486.